The Morgan fingerprint density at radius 1 is 1.40 bits per heavy atom. The van der Waals surface area contributed by atoms with Crippen molar-refractivity contribution in [3.63, 3.8) is 0 Å². The van der Waals surface area contributed by atoms with E-state index < -0.39 is 6.61 Å². The van der Waals surface area contributed by atoms with Crippen LogP contribution in [0, 0.1) is 0 Å². The summed E-state index contributed by atoms with van der Waals surface area (Å²) in [4.78, 5) is 28.8. The SMILES string of the molecule is CNC(=O)c1ccc(C2CCN(C(=O)CO)CC2)nc1. The van der Waals surface area contributed by atoms with Crippen LogP contribution in [0.1, 0.15) is 34.8 Å². The van der Waals surface area contributed by atoms with Crippen LogP contribution in [0.15, 0.2) is 18.3 Å². The Labute approximate surface area is 117 Å². The number of nitrogens with one attached hydrogen (secondary N) is 1. The Morgan fingerprint density at radius 2 is 2.10 bits per heavy atom. The summed E-state index contributed by atoms with van der Waals surface area (Å²) >= 11 is 0. The molecule has 0 radical (unpaired) electrons. The van der Waals surface area contributed by atoms with Gasteiger partial charge in [-0.15, -0.1) is 0 Å². The first kappa shape index (κ1) is 14.5. The van der Waals surface area contributed by atoms with Crippen molar-refractivity contribution in [2.75, 3.05) is 26.7 Å². The minimum absolute atomic E-state index is 0.146. The first-order chi connectivity index (χ1) is 9.65. The predicted molar refractivity (Wildman–Crippen MR) is 73.3 cm³/mol. The highest BCUT2D eigenvalue weighted by molar-refractivity contribution is 5.93. The van der Waals surface area contributed by atoms with Crippen LogP contribution in [0.4, 0.5) is 0 Å². The third-order valence-electron chi connectivity index (χ3n) is 3.68. The van der Waals surface area contributed by atoms with Crippen molar-refractivity contribution < 1.29 is 14.7 Å². The molecular weight excluding hydrogens is 258 g/mol. The lowest BCUT2D eigenvalue weighted by molar-refractivity contribution is -0.135. The summed E-state index contributed by atoms with van der Waals surface area (Å²) in [6.45, 7) is 0.857. The lowest BCUT2D eigenvalue weighted by Gasteiger charge is -2.31. The number of carbonyl (C=O) groups is 2. The molecule has 0 saturated carbocycles. The van der Waals surface area contributed by atoms with Crippen LogP contribution in [0.3, 0.4) is 0 Å². The van der Waals surface area contributed by atoms with E-state index in [0.717, 1.165) is 18.5 Å². The van der Waals surface area contributed by atoms with Gasteiger partial charge in [-0.25, -0.2) is 0 Å². The highest BCUT2D eigenvalue weighted by Gasteiger charge is 2.24. The lowest BCUT2D eigenvalue weighted by atomic mass is 9.93. The average molecular weight is 277 g/mol. The van der Waals surface area contributed by atoms with E-state index in [-0.39, 0.29) is 11.8 Å². The number of hydrogen-bond donors (Lipinski definition) is 2. The second kappa shape index (κ2) is 6.47. The number of pyridine rings is 1. The Balaban J connectivity index is 1.97. The number of rotatable bonds is 3. The van der Waals surface area contributed by atoms with Gasteiger partial charge in [0, 0.05) is 37.9 Å². The van der Waals surface area contributed by atoms with Crippen LogP contribution in [-0.4, -0.2) is 53.5 Å². The quantitative estimate of drug-likeness (QED) is 0.823. The van der Waals surface area contributed by atoms with E-state index in [1.807, 2.05) is 6.07 Å². The van der Waals surface area contributed by atoms with Gasteiger partial charge < -0.3 is 15.3 Å². The molecule has 1 fully saturated rings. The molecule has 108 valence electrons. The molecule has 0 atom stereocenters. The second-order valence-corrected chi connectivity index (χ2v) is 4.86. The summed E-state index contributed by atoms with van der Waals surface area (Å²) in [6, 6.07) is 3.64. The van der Waals surface area contributed by atoms with Crippen molar-refractivity contribution in [2.24, 2.45) is 0 Å². The third kappa shape index (κ3) is 3.14. The summed E-state index contributed by atoms with van der Waals surface area (Å²) < 4.78 is 0. The average Bonchev–Trinajstić information content (AvgIpc) is 2.53. The van der Waals surface area contributed by atoms with E-state index in [1.54, 1.807) is 24.2 Å². The summed E-state index contributed by atoms with van der Waals surface area (Å²) in [5.74, 6) is -0.0599. The van der Waals surface area contributed by atoms with Gasteiger partial charge in [-0.05, 0) is 25.0 Å². The van der Waals surface area contributed by atoms with Crippen molar-refractivity contribution in [3.05, 3.63) is 29.6 Å². The van der Waals surface area contributed by atoms with Gasteiger partial charge in [0.05, 0.1) is 5.56 Å². The minimum Gasteiger partial charge on any atom is -0.387 e. The summed E-state index contributed by atoms with van der Waals surface area (Å²) in [7, 11) is 1.59. The van der Waals surface area contributed by atoms with Crippen LogP contribution in [0.2, 0.25) is 0 Å². The van der Waals surface area contributed by atoms with Crippen LogP contribution in [0.25, 0.3) is 0 Å². The zero-order chi connectivity index (χ0) is 14.5. The maximum Gasteiger partial charge on any atom is 0.252 e. The van der Waals surface area contributed by atoms with Gasteiger partial charge in [-0.1, -0.05) is 0 Å². The molecule has 2 amide bonds. The van der Waals surface area contributed by atoms with Crippen LogP contribution < -0.4 is 5.32 Å². The Bertz CT molecular complexity index is 479. The number of likely N-dealkylation sites (tertiary alicyclic amines) is 1. The molecule has 20 heavy (non-hydrogen) atoms. The van der Waals surface area contributed by atoms with Crippen LogP contribution in [0.5, 0.6) is 0 Å². The zero-order valence-corrected chi connectivity index (χ0v) is 11.5. The Morgan fingerprint density at radius 3 is 2.60 bits per heavy atom. The number of carbonyl (C=O) groups excluding carboxylic acids is 2. The molecule has 0 spiro atoms. The fraction of sp³-hybridized carbons (Fsp3) is 0.500. The summed E-state index contributed by atoms with van der Waals surface area (Å²) in [5.41, 5.74) is 1.50. The number of hydrogen-bond acceptors (Lipinski definition) is 4. The molecule has 2 heterocycles. The maximum atomic E-state index is 11.4. The highest BCUT2D eigenvalue weighted by Crippen LogP contribution is 2.26. The van der Waals surface area contributed by atoms with Gasteiger partial charge in [-0.3, -0.25) is 14.6 Å². The summed E-state index contributed by atoms with van der Waals surface area (Å²) in [5, 5.41) is 11.4. The van der Waals surface area contributed by atoms with Gasteiger partial charge in [0.1, 0.15) is 6.61 Å². The van der Waals surface area contributed by atoms with Crippen molar-refractivity contribution in [2.45, 2.75) is 18.8 Å². The van der Waals surface area contributed by atoms with Crippen molar-refractivity contribution in [3.8, 4) is 0 Å². The molecule has 2 N–H and O–H groups in total. The number of nitrogens with zero attached hydrogens (tertiary/aromatic N) is 2. The molecule has 1 aromatic rings. The molecule has 6 heteroatoms. The maximum absolute atomic E-state index is 11.4. The molecule has 1 aromatic heterocycles. The molecule has 0 unspecified atom stereocenters. The fourth-order valence-corrected chi connectivity index (χ4v) is 2.45. The van der Waals surface area contributed by atoms with E-state index in [2.05, 4.69) is 10.3 Å². The predicted octanol–water partition coefficient (Wildman–Crippen LogP) is 0.139. The number of amides is 2. The first-order valence-electron chi connectivity index (χ1n) is 6.72. The minimum atomic E-state index is -0.427. The van der Waals surface area contributed by atoms with E-state index in [9.17, 15) is 9.59 Å². The molecule has 1 aliphatic rings. The van der Waals surface area contributed by atoms with E-state index >= 15 is 0 Å². The standard InChI is InChI=1S/C14H19N3O3/c1-15-14(20)11-2-3-12(16-8-11)10-4-6-17(7-5-10)13(19)9-18/h2-3,8,10,18H,4-7,9H2,1H3,(H,15,20). The zero-order valence-electron chi connectivity index (χ0n) is 11.5. The third-order valence-corrected chi connectivity index (χ3v) is 3.68. The molecule has 0 bridgehead atoms. The molecule has 1 saturated heterocycles. The first-order valence-corrected chi connectivity index (χ1v) is 6.72. The molecule has 2 rings (SSSR count). The van der Waals surface area contributed by atoms with E-state index in [0.29, 0.717) is 24.6 Å². The fourth-order valence-electron chi connectivity index (χ4n) is 2.45. The summed E-state index contributed by atoms with van der Waals surface area (Å²) in [6.07, 6.45) is 3.25. The largest absolute Gasteiger partial charge is 0.387 e. The monoisotopic (exact) mass is 277 g/mol. The lowest BCUT2D eigenvalue weighted by Crippen LogP contribution is -2.39. The smallest absolute Gasteiger partial charge is 0.252 e. The molecule has 0 aliphatic carbocycles. The molecular formula is C14H19N3O3. The Kier molecular flexibility index (Phi) is 4.68. The number of aliphatic hydroxyl groups is 1. The normalized spacial score (nSPS) is 16.0. The van der Waals surface area contributed by atoms with Gasteiger partial charge in [0.25, 0.3) is 5.91 Å². The van der Waals surface area contributed by atoms with E-state index in [1.165, 1.54) is 0 Å². The number of piperidine rings is 1. The second-order valence-electron chi connectivity index (χ2n) is 4.86. The number of aromatic nitrogens is 1. The Hall–Kier alpha value is -1.95. The molecule has 6 nitrogen and oxygen atoms in total. The van der Waals surface area contributed by atoms with Crippen molar-refractivity contribution in [1.82, 2.24) is 15.2 Å². The molecule has 0 aromatic carbocycles. The van der Waals surface area contributed by atoms with Gasteiger partial charge in [0.15, 0.2) is 0 Å². The van der Waals surface area contributed by atoms with Gasteiger partial charge >= 0.3 is 0 Å². The van der Waals surface area contributed by atoms with Crippen LogP contribution in [-0.2, 0) is 4.79 Å². The van der Waals surface area contributed by atoms with Crippen molar-refractivity contribution >= 4 is 11.8 Å². The van der Waals surface area contributed by atoms with Crippen molar-refractivity contribution in [1.29, 1.82) is 0 Å². The van der Waals surface area contributed by atoms with E-state index in [4.69, 9.17) is 5.11 Å². The highest BCUT2D eigenvalue weighted by atomic mass is 16.3. The molecule has 1 aliphatic heterocycles. The van der Waals surface area contributed by atoms with Gasteiger partial charge in [-0.2, -0.15) is 0 Å². The van der Waals surface area contributed by atoms with Gasteiger partial charge in [0.2, 0.25) is 5.91 Å². The topological polar surface area (TPSA) is 82.5 Å². The number of aliphatic hydroxyl groups excluding tert-OH is 1. The van der Waals surface area contributed by atoms with Crippen LogP contribution >= 0.6 is 0 Å².